The number of rotatable bonds is 6. The van der Waals surface area contributed by atoms with Crippen molar-refractivity contribution in [2.24, 2.45) is 0 Å². The van der Waals surface area contributed by atoms with Crippen molar-refractivity contribution in [2.75, 3.05) is 18.5 Å². The van der Waals surface area contributed by atoms with Gasteiger partial charge in [-0.15, -0.1) is 0 Å². The Hall–Kier alpha value is -4.11. The van der Waals surface area contributed by atoms with Crippen LogP contribution < -0.4 is 10.1 Å². The Kier molecular flexibility index (Phi) is 5.08. The number of nitrogens with one attached hydrogen (secondary N) is 2. The molecule has 32 heavy (non-hydrogen) atoms. The molecule has 0 saturated carbocycles. The van der Waals surface area contributed by atoms with E-state index in [4.69, 9.17) is 9.47 Å². The molecule has 1 amide bonds. The Morgan fingerprint density at radius 3 is 2.75 bits per heavy atom. The lowest BCUT2D eigenvalue weighted by molar-refractivity contribution is -0.112. The summed E-state index contributed by atoms with van der Waals surface area (Å²) in [6, 6.07) is 6.81. The Balaban J connectivity index is 1.55. The third-order valence-electron chi connectivity index (χ3n) is 5.08. The maximum Gasteiger partial charge on any atom is 0.247 e. The minimum atomic E-state index is -0.555. The smallest absolute Gasteiger partial charge is 0.247 e. The van der Waals surface area contributed by atoms with Crippen molar-refractivity contribution in [3.63, 3.8) is 0 Å². The summed E-state index contributed by atoms with van der Waals surface area (Å²) < 4.78 is 24.6. The highest BCUT2D eigenvalue weighted by molar-refractivity contribution is 6.00. The van der Waals surface area contributed by atoms with Gasteiger partial charge < -0.3 is 19.8 Å². The molecule has 4 aromatic rings. The number of halogens is 1. The van der Waals surface area contributed by atoms with Crippen molar-refractivity contribution in [1.29, 1.82) is 0 Å². The second-order valence-corrected chi connectivity index (χ2v) is 7.24. The summed E-state index contributed by atoms with van der Waals surface area (Å²) in [5.74, 6) is -0.624. The molecular formula is C23H18FN5O3. The number of H-pyrrole nitrogens is 1. The fourth-order valence-electron chi connectivity index (χ4n) is 3.39. The fraction of sp³-hybridized carbons (Fsp3) is 0.130. The van der Waals surface area contributed by atoms with E-state index in [1.54, 1.807) is 30.7 Å². The van der Waals surface area contributed by atoms with Crippen LogP contribution in [0.1, 0.15) is 0 Å². The highest BCUT2D eigenvalue weighted by Crippen LogP contribution is 2.33. The number of carbonyl (C=O) groups excluding carboxylic acids is 1. The number of aromatic nitrogens is 4. The van der Waals surface area contributed by atoms with Crippen molar-refractivity contribution in [1.82, 2.24) is 19.9 Å². The van der Waals surface area contributed by atoms with E-state index < -0.39 is 5.95 Å². The number of fused-ring (bicyclic) bond motifs is 1. The largest absolute Gasteiger partial charge is 0.468 e. The molecule has 1 saturated heterocycles. The molecule has 5 heterocycles. The molecule has 9 heteroatoms. The molecule has 4 aromatic heterocycles. The lowest BCUT2D eigenvalue weighted by atomic mass is 10.0. The molecule has 0 aliphatic carbocycles. The van der Waals surface area contributed by atoms with Gasteiger partial charge in [-0.2, -0.15) is 4.39 Å². The van der Waals surface area contributed by atoms with E-state index in [0.717, 1.165) is 22.1 Å². The average molecular weight is 431 g/mol. The maximum absolute atomic E-state index is 13.6. The molecular weight excluding hydrogens is 413 g/mol. The van der Waals surface area contributed by atoms with Gasteiger partial charge in [0.2, 0.25) is 17.7 Å². The van der Waals surface area contributed by atoms with Gasteiger partial charge >= 0.3 is 0 Å². The van der Waals surface area contributed by atoms with Crippen LogP contribution in [0.3, 0.4) is 0 Å². The number of amides is 1. The molecule has 1 aliphatic rings. The highest BCUT2D eigenvalue weighted by atomic mass is 19.1. The number of aromatic amines is 1. The average Bonchev–Trinajstić information content (AvgIpc) is 3.20. The van der Waals surface area contributed by atoms with Gasteiger partial charge in [0.15, 0.2) is 0 Å². The predicted molar refractivity (Wildman–Crippen MR) is 117 cm³/mol. The first-order chi connectivity index (χ1) is 15.6. The van der Waals surface area contributed by atoms with E-state index in [1.807, 2.05) is 6.07 Å². The van der Waals surface area contributed by atoms with Crippen molar-refractivity contribution in [2.45, 2.75) is 6.10 Å². The van der Waals surface area contributed by atoms with E-state index in [0.29, 0.717) is 36.0 Å². The molecule has 1 aliphatic heterocycles. The van der Waals surface area contributed by atoms with Gasteiger partial charge in [-0.05, 0) is 29.8 Å². The minimum Gasteiger partial charge on any atom is -0.468 e. The van der Waals surface area contributed by atoms with E-state index >= 15 is 0 Å². The zero-order valence-electron chi connectivity index (χ0n) is 16.8. The van der Waals surface area contributed by atoms with Crippen molar-refractivity contribution in [3.05, 3.63) is 67.7 Å². The van der Waals surface area contributed by atoms with Gasteiger partial charge in [-0.25, -0.2) is 15.0 Å². The summed E-state index contributed by atoms with van der Waals surface area (Å²) in [6.45, 7) is 4.44. The number of nitrogens with zero attached hydrogens (tertiary/aromatic N) is 3. The minimum absolute atomic E-state index is 0.103. The topological polar surface area (TPSA) is 102 Å². The summed E-state index contributed by atoms with van der Waals surface area (Å²) in [5, 5.41) is 3.56. The molecule has 0 aromatic carbocycles. The van der Waals surface area contributed by atoms with Crippen molar-refractivity contribution in [3.8, 4) is 28.1 Å². The molecule has 0 radical (unpaired) electrons. The second-order valence-electron chi connectivity index (χ2n) is 7.24. The van der Waals surface area contributed by atoms with Gasteiger partial charge in [-0.3, -0.25) is 4.79 Å². The molecule has 160 valence electrons. The molecule has 0 bridgehead atoms. The van der Waals surface area contributed by atoms with Crippen LogP contribution in [0.25, 0.3) is 33.3 Å². The van der Waals surface area contributed by atoms with Gasteiger partial charge in [0.1, 0.15) is 17.4 Å². The second kappa shape index (κ2) is 8.20. The third kappa shape index (κ3) is 3.81. The van der Waals surface area contributed by atoms with Crippen LogP contribution in [-0.2, 0) is 9.53 Å². The molecule has 0 unspecified atom stereocenters. The molecule has 1 fully saturated rings. The summed E-state index contributed by atoms with van der Waals surface area (Å²) in [7, 11) is 0. The van der Waals surface area contributed by atoms with Crippen molar-refractivity contribution < 1.29 is 18.7 Å². The van der Waals surface area contributed by atoms with Crippen LogP contribution in [-0.4, -0.2) is 45.2 Å². The monoisotopic (exact) mass is 431 g/mol. The van der Waals surface area contributed by atoms with Crippen LogP contribution in [0.15, 0.2) is 61.7 Å². The number of ether oxygens (including phenoxy) is 2. The third-order valence-corrected chi connectivity index (χ3v) is 5.08. The van der Waals surface area contributed by atoms with E-state index in [9.17, 15) is 9.18 Å². The van der Waals surface area contributed by atoms with Crippen LogP contribution in [0.2, 0.25) is 0 Å². The number of hydrogen-bond acceptors (Lipinski definition) is 6. The van der Waals surface area contributed by atoms with Crippen molar-refractivity contribution >= 4 is 22.6 Å². The molecule has 5 rings (SSSR count). The van der Waals surface area contributed by atoms with E-state index in [1.165, 1.54) is 18.3 Å². The number of hydrogen-bond donors (Lipinski definition) is 2. The first-order valence-corrected chi connectivity index (χ1v) is 9.88. The van der Waals surface area contributed by atoms with Crippen LogP contribution in [0.5, 0.6) is 5.88 Å². The van der Waals surface area contributed by atoms with Gasteiger partial charge in [-0.1, -0.05) is 6.58 Å². The van der Waals surface area contributed by atoms with Gasteiger partial charge in [0.05, 0.1) is 13.2 Å². The summed E-state index contributed by atoms with van der Waals surface area (Å²) in [5.41, 5.74) is 4.07. The lowest BCUT2D eigenvalue weighted by Crippen LogP contribution is -2.39. The maximum atomic E-state index is 13.6. The normalized spacial score (nSPS) is 13.5. The Morgan fingerprint density at radius 2 is 2.00 bits per heavy atom. The standard InChI is InChI=1S/C23H18FN5O3/c1-2-21(30)29-19-6-15(9-28-23(19)32-16-11-31-12-16)14-5-17-18(10-27-22(17)26-8-14)13-3-4-25-20(24)7-13/h2-10,16H,1,11-12H2,(H,26,27)(H,29,30). The zero-order chi connectivity index (χ0) is 22.1. The summed E-state index contributed by atoms with van der Waals surface area (Å²) >= 11 is 0. The Bertz CT molecular complexity index is 1330. The molecule has 8 nitrogen and oxygen atoms in total. The Morgan fingerprint density at radius 1 is 1.19 bits per heavy atom. The van der Waals surface area contributed by atoms with E-state index in [-0.39, 0.29) is 12.0 Å². The van der Waals surface area contributed by atoms with Crippen LogP contribution >= 0.6 is 0 Å². The first kappa shape index (κ1) is 19.8. The summed E-state index contributed by atoms with van der Waals surface area (Å²) in [6.07, 6.45) is 7.63. The van der Waals surface area contributed by atoms with E-state index in [2.05, 4.69) is 31.8 Å². The Labute approximate surface area is 182 Å². The highest BCUT2D eigenvalue weighted by Gasteiger charge is 2.23. The molecule has 2 N–H and O–H groups in total. The number of carbonyl (C=O) groups is 1. The molecule has 0 atom stereocenters. The van der Waals surface area contributed by atoms with Crippen LogP contribution in [0.4, 0.5) is 10.1 Å². The first-order valence-electron chi connectivity index (χ1n) is 9.88. The predicted octanol–water partition coefficient (Wildman–Crippen LogP) is 3.73. The van der Waals surface area contributed by atoms with Gasteiger partial charge in [0, 0.05) is 52.9 Å². The molecule has 0 spiro atoms. The summed E-state index contributed by atoms with van der Waals surface area (Å²) in [4.78, 5) is 27.5. The number of anilines is 1. The SMILES string of the molecule is C=CC(=O)Nc1cc(-c2cnc3[nH]cc(-c4ccnc(F)c4)c3c2)cnc1OC1COC1. The fourth-order valence-corrected chi connectivity index (χ4v) is 3.39. The van der Waals surface area contributed by atoms with Crippen LogP contribution in [0, 0.1) is 5.95 Å². The quantitative estimate of drug-likeness (QED) is 0.356. The van der Waals surface area contributed by atoms with Gasteiger partial charge in [0.25, 0.3) is 0 Å². The number of pyridine rings is 3. The lowest BCUT2D eigenvalue weighted by Gasteiger charge is -2.27. The zero-order valence-corrected chi connectivity index (χ0v) is 16.8.